The van der Waals surface area contributed by atoms with Gasteiger partial charge >= 0.3 is 5.69 Å². The monoisotopic (exact) mass is 378 g/mol. The van der Waals surface area contributed by atoms with Gasteiger partial charge in [-0.25, -0.2) is 9.18 Å². The first-order chi connectivity index (χ1) is 9.06. The van der Waals surface area contributed by atoms with Gasteiger partial charge in [0.2, 0.25) is 0 Å². The van der Waals surface area contributed by atoms with Crippen LogP contribution in [0.25, 0.3) is 0 Å². The third-order valence-corrected chi connectivity index (χ3v) is 3.29. The summed E-state index contributed by atoms with van der Waals surface area (Å²) in [5.74, 6) is 2.59. The highest BCUT2D eigenvalue weighted by molar-refractivity contribution is 14.1. The number of H-pyrrole nitrogens is 1. The number of hydrogen-bond donors (Lipinski definition) is 1. The molecule has 1 aliphatic rings. The van der Waals surface area contributed by atoms with E-state index in [-0.39, 0.29) is 12.0 Å². The van der Waals surface area contributed by atoms with Crippen molar-refractivity contribution in [1.29, 1.82) is 0 Å². The summed E-state index contributed by atoms with van der Waals surface area (Å²) in [5.41, 5.74) is -1.00. The van der Waals surface area contributed by atoms with Crippen LogP contribution in [0.5, 0.6) is 0 Å². The highest BCUT2D eigenvalue weighted by Gasteiger charge is 2.35. The zero-order valence-corrected chi connectivity index (χ0v) is 12.3. The summed E-state index contributed by atoms with van der Waals surface area (Å²) in [7, 11) is 0. The molecule has 0 saturated carbocycles. The molecule has 0 spiro atoms. The van der Waals surface area contributed by atoms with Crippen LogP contribution in [0, 0.1) is 9.85 Å². The number of aromatic nitrogens is 2. The topological polar surface area (TPSA) is 64.1 Å². The fourth-order valence-electron chi connectivity index (χ4n) is 2.06. The van der Waals surface area contributed by atoms with Crippen molar-refractivity contribution in [3.05, 3.63) is 32.6 Å². The van der Waals surface area contributed by atoms with E-state index in [2.05, 4.69) is 14.8 Å². The molecular formula is C12H12FIN2O3. The fourth-order valence-corrected chi connectivity index (χ4v) is 2.35. The summed E-state index contributed by atoms with van der Waals surface area (Å²) in [5, 5.41) is 0. The van der Waals surface area contributed by atoms with Crippen molar-refractivity contribution < 1.29 is 9.13 Å². The molecule has 1 N–H and O–H groups in total. The second kappa shape index (κ2) is 5.88. The molecule has 0 bridgehead atoms. The molecule has 1 fully saturated rings. The van der Waals surface area contributed by atoms with Crippen molar-refractivity contribution >= 4 is 22.6 Å². The van der Waals surface area contributed by atoms with Crippen LogP contribution in [0.1, 0.15) is 31.6 Å². The van der Waals surface area contributed by atoms with Gasteiger partial charge in [0.15, 0.2) is 0 Å². The molecule has 1 aromatic heterocycles. The molecule has 1 aliphatic heterocycles. The van der Waals surface area contributed by atoms with Crippen LogP contribution in [0.2, 0.25) is 0 Å². The molecule has 7 heteroatoms. The number of aromatic amines is 1. The maximum Gasteiger partial charge on any atom is 0.330 e. The third kappa shape index (κ3) is 2.90. The standard InChI is InChI=1S/C12H12FIN2O3/c1-2-9-8(13)5-10(19-9)16-6-7(3-4-14)11(17)15-12(16)18/h6,8-10H,2,5H2,1H3,(H,15,17,18)/t8-,9-,10-/m1/s1. The molecule has 102 valence electrons. The molecule has 3 atom stereocenters. The molecule has 0 aliphatic carbocycles. The first-order valence-corrected chi connectivity index (χ1v) is 6.91. The second-order valence-corrected chi connectivity index (χ2v) is 4.76. The Kier molecular flexibility index (Phi) is 4.42. The molecule has 0 radical (unpaired) electrons. The maximum absolute atomic E-state index is 13.6. The van der Waals surface area contributed by atoms with Crippen LogP contribution in [-0.4, -0.2) is 21.8 Å². The Balaban J connectivity index is 2.40. The van der Waals surface area contributed by atoms with E-state index in [1.165, 1.54) is 10.8 Å². The van der Waals surface area contributed by atoms with Gasteiger partial charge in [0.05, 0.1) is 6.10 Å². The Hall–Kier alpha value is -1.14. The second-order valence-electron chi connectivity index (χ2n) is 4.22. The fraction of sp³-hybridized carbons (Fsp3) is 0.500. The SMILES string of the molecule is CC[C@H]1O[C@@H](n2cc(C#CI)c(=O)[nH]c2=O)C[C@H]1F. The smallest absolute Gasteiger partial charge is 0.330 e. The summed E-state index contributed by atoms with van der Waals surface area (Å²) in [6.45, 7) is 1.82. The van der Waals surface area contributed by atoms with E-state index in [4.69, 9.17) is 4.74 Å². The maximum atomic E-state index is 13.6. The molecule has 0 aromatic carbocycles. The molecule has 5 nitrogen and oxygen atoms in total. The summed E-state index contributed by atoms with van der Waals surface area (Å²) in [6.07, 6.45) is -0.352. The van der Waals surface area contributed by atoms with Crippen LogP contribution in [0.4, 0.5) is 4.39 Å². The molecule has 1 saturated heterocycles. The number of ether oxygens (including phenoxy) is 1. The zero-order chi connectivity index (χ0) is 14.0. The number of halogens is 2. The minimum Gasteiger partial charge on any atom is -0.352 e. The van der Waals surface area contributed by atoms with Gasteiger partial charge in [-0.2, -0.15) is 0 Å². The van der Waals surface area contributed by atoms with E-state index in [1.54, 1.807) is 22.6 Å². The quantitative estimate of drug-likeness (QED) is 0.624. The van der Waals surface area contributed by atoms with Crippen LogP contribution in [0.15, 0.2) is 15.8 Å². The average Bonchev–Trinajstić information content (AvgIpc) is 2.74. The van der Waals surface area contributed by atoms with Crippen LogP contribution in [-0.2, 0) is 4.74 Å². The van der Waals surface area contributed by atoms with E-state index < -0.39 is 29.8 Å². The first-order valence-electron chi connectivity index (χ1n) is 5.83. The lowest BCUT2D eigenvalue weighted by molar-refractivity contribution is -0.0117. The Morgan fingerprint density at radius 2 is 2.37 bits per heavy atom. The largest absolute Gasteiger partial charge is 0.352 e. The van der Waals surface area contributed by atoms with E-state index in [9.17, 15) is 14.0 Å². The molecule has 2 heterocycles. The Morgan fingerprint density at radius 1 is 1.63 bits per heavy atom. The number of nitrogens with one attached hydrogen (secondary N) is 1. The van der Waals surface area contributed by atoms with Crippen molar-refractivity contribution in [3.8, 4) is 9.85 Å². The normalized spacial score (nSPS) is 25.9. The third-order valence-electron chi connectivity index (χ3n) is 3.02. The van der Waals surface area contributed by atoms with Crippen molar-refractivity contribution in [3.63, 3.8) is 0 Å². The van der Waals surface area contributed by atoms with Crippen molar-refractivity contribution in [2.24, 2.45) is 0 Å². The van der Waals surface area contributed by atoms with Gasteiger partial charge in [0, 0.05) is 35.2 Å². The van der Waals surface area contributed by atoms with E-state index in [0.29, 0.717) is 6.42 Å². The van der Waals surface area contributed by atoms with Gasteiger partial charge in [0.25, 0.3) is 5.56 Å². The number of rotatable bonds is 2. The van der Waals surface area contributed by atoms with E-state index in [0.717, 1.165) is 0 Å². The van der Waals surface area contributed by atoms with Gasteiger partial charge in [-0.05, 0) is 16.3 Å². The minimum absolute atomic E-state index is 0.0988. The van der Waals surface area contributed by atoms with Gasteiger partial charge in [-0.3, -0.25) is 14.3 Å². The van der Waals surface area contributed by atoms with Crippen LogP contribution < -0.4 is 11.2 Å². The van der Waals surface area contributed by atoms with Crippen LogP contribution >= 0.6 is 22.6 Å². The van der Waals surface area contributed by atoms with E-state index >= 15 is 0 Å². The Morgan fingerprint density at radius 3 is 2.95 bits per heavy atom. The lowest BCUT2D eigenvalue weighted by Gasteiger charge is -2.14. The van der Waals surface area contributed by atoms with Crippen molar-refractivity contribution in [1.82, 2.24) is 9.55 Å². The average molecular weight is 378 g/mol. The molecular weight excluding hydrogens is 366 g/mol. The molecule has 19 heavy (non-hydrogen) atoms. The van der Waals surface area contributed by atoms with Gasteiger partial charge in [0.1, 0.15) is 18.0 Å². The number of nitrogens with zero attached hydrogens (tertiary/aromatic N) is 1. The Labute approximate surface area is 122 Å². The van der Waals surface area contributed by atoms with Gasteiger partial charge in [-0.1, -0.05) is 6.92 Å². The van der Waals surface area contributed by atoms with E-state index in [1.807, 2.05) is 6.92 Å². The summed E-state index contributed by atoms with van der Waals surface area (Å²) >= 11 is 1.80. The molecule has 2 rings (SSSR count). The lowest BCUT2D eigenvalue weighted by Crippen LogP contribution is -2.33. The van der Waals surface area contributed by atoms with Crippen molar-refractivity contribution in [2.45, 2.75) is 38.3 Å². The minimum atomic E-state index is -1.10. The van der Waals surface area contributed by atoms with Gasteiger partial charge in [-0.15, -0.1) is 0 Å². The lowest BCUT2D eigenvalue weighted by atomic mass is 10.1. The summed E-state index contributed by atoms with van der Waals surface area (Å²) < 4.78 is 22.9. The predicted molar refractivity (Wildman–Crippen MR) is 75.9 cm³/mol. The highest BCUT2D eigenvalue weighted by atomic mass is 127. The van der Waals surface area contributed by atoms with Gasteiger partial charge < -0.3 is 4.74 Å². The Bertz CT molecular complexity index is 643. The van der Waals surface area contributed by atoms with Crippen molar-refractivity contribution in [2.75, 3.05) is 0 Å². The molecule has 0 amide bonds. The number of alkyl halides is 1. The summed E-state index contributed by atoms with van der Waals surface area (Å²) in [4.78, 5) is 25.4. The van der Waals surface area contributed by atoms with Crippen LogP contribution in [0.3, 0.4) is 0 Å². The first kappa shape index (κ1) is 14.3. The highest BCUT2D eigenvalue weighted by Crippen LogP contribution is 2.31. The number of hydrogen-bond acceptors (Lipinski definition) is 3. The zero-order valence-electron chi connectivity index (χ0n) is 10.2. The summed E-state index contributed by atoms with van der Waals surface area (Å²) in [6, 6.07) is 0. The molecule has 1 aromatic rings. The molecule has 0 unspecified atom stereocenters. The predicted octanol–water partition coefficient (Wildman–Crippen LogP) is 1.32.